The number of carbonyl (C=O) groups is 1. The Kier molecular flexibility index (Phi) is 1.54. The Labute approximate surface area is 85.8 Å². The Morgan fingerprint density at radius 3 is 2.79 bits per heavy atom. The SMILES string of the molecule is O=C(O)C1(c2csc(C3CC3)n2)CC1. The average Bonchev–Trinajstić information content (AvgIpc) is 3.06. The van der Waals surface area contributed by atoms with E-state index in [1.807, 2.05) is 5.38 Å². The number of nitrogens with zero attached hydrogens (tertiary/aromatic N) is 1. The third-order valence-corrected chi connectivity index (χ3v) is 4.11. The van der Waals surface area contributed by atoms with Crippen LogP contribution in [-0.2, 0) is 10.2 Å². The maximum Gasteiger partial charge on any atom is 0.315 e. The van der Waals surface area contributed by atoms with Gasteiger partial charge in [0, 0.05) is 11.3 Å². The second-order valence-corrected chi connectivity index (χ2v) is 5.12. The molecule has 0 amide bonds. The summed E-state index contributed by atoms with van der Waals surface area (Å²) in [6.45, 7) is 0. The van der Waals surface area contributed by atoms with Crippen LogP contribution in [0.25, 0.3) is 0 Å². The van der Waals surface area contributed by atoms with Gasteiger partial charge in [0.15, 0.2) is 0 Å². The summed E-state index contributed by atoms with van der Waals surface area (Å²) in [5, 5.41) is 12.2. The van der Waals surface area contributed by atoms with Gasteiger partial charge in [-0.1, -0.05) is 0 Å². The van der Waals surface area contributed by atoms with Gasteiger partial charge in [-0.05, 0) is 25.7 Å². The quantitative estimate of drug-likeness (QED) is 0.829. The second kappa shape index (κ2) is 2.57. The molecule has 3 nitrogen and oxygen atoms in total. The first-order valence-corrected chi connectivity index (χ1v) is 5.80. The van der Waals surface area contributed by atoms with Gasteiger partial charge in [-0.25, -0.2) is 4.98 Å². The van der Waals surface area contributed by atoms with Crippen molar-refractivity contribution in [1.29, 1.82) is 0 Å². The third-order valence-electron chi connectivity index (χ3n) is 3.10. The minimum Gasteiger partial charge on any atom is -0.481 e. The molecule has 1 aromatic heterocycles. The molecule has 0 unspecified atom stereocenters. The smallest absolute Gasteiger partial charge is 0.315 e. The second-order valence-electron chi connectivity index (χ2n) is 4.23. The molecule has 1 N–H and O–H groups in total. The van der Waals surface area contributed by atoms with Gasteiger partial charge in [-0.15, -0.1) is 11.3 Å². The van der Waals surface area contributed by atoms with Crippen molar-refractivity contribution in [3.63, 3.8) is 0 Å². The summed E-state index contributed by atoms with van der Waals surface area (Å²) in [6.07, 6.45) is 3.98. The lowest BCUT2D eigenvalue weighted by Crippen LogP contribution is -2.19. The predicted octanol–water partition coefficient (Wildman–Crippen LogP) is 2.14. The van der Waals surface area contributed by atoms with Crippen molar-refractivity contribution in [2.45, 2.75) is 37.0 Å². The van der Waals surface area contributed by atoms with E-state index in [9.17, 15) is 4.79 Å². The first kappa shape index (κ1) is 8.41. The van der Waals surface area contributed by atoms with E-state index in [1.54, 1.807) is 11.3 Å². The number of rotatable bonds is 3. The number of aromatic nitrogens is 1. The Balaban J connectivity index is 1.92. The van der Waals surface area contributed by atoms with Crippen LogP contribution in [0, 0.1) is 0 Å². The fourth-order valence-electron chi connectivity index (χ4n) is 1.73. The maximum absolute atomic E-state index is 11.0. The molecule has 0 saturated heterocycles. The number of carboxylic acids is 1. The largest absolute Gasteiger partial charge is 0.481 e. The summed E-state index contributed by atoms with van der Waals surface area (Å²) < 4.78 is 0. The van der Waals surface area contributed by atoms with Crippen molar-refractivity contribution < 1.29 is 9.90 Å². The minimum atomic E-state index is -0.704. The van der Waals surface area contributed by atoms with Crippen molar-refractivity contribution in [1.82, 2.24) is 4.98 Å². The van der Waals surface area contributed by atoms with Gasteiger partial charge in [0.1, 0.15) is 5.41 Å². The van der Waals surface area contributed by atoms with Gasteiger partial charge >= 0.3 is 5.97 Å². The Morgan fingerprint density at radius 1 is 1.57 bits per heavy atom. The van der Waals surface area contributed by atoms with Crippen LogP contribution in [-0.4, -0.2) is 16.1 Å². The van der Waals surface area contributed by atoms with Crippen molar-refractivity contribution in [3.05, 3.63) is 16.1 Å². The number of thiazole rings is 1. The van der Waals surface area contributed by atoms with E-state index in [4.69, 9.17) is 5.11 Å². The zero-order chi connectivity index (χ0) is 9.76. The summed E-state index contributed by atoms with van der Waals surface area (Å²) in [4.78, 5) is 15.5. The molecule has 0 atom stereocenters. The van der Waals surface area contributed by atoms with E-state index in [0.29, 0.717) is 5.92 Å². The van der Waals surface area contributed by atoms with Crippen LogP contribution in [0.3, 0.4) is 0 Å². The van der Waals surface area contributed by atoms with Crippen molar-refractivity contribution in [2.24, 2.45) is 0 Å². The summed E-state index contributed by atoms with van der Waals surface area (Å²) in [5.41, 5.74) is 0.195. The van der Waals surface area contributed by atoms with Crippen LogP contribution in [0.4, 0.5) is 0 Å². The molecule has 4 heteroatoms. The van der Waals surface area contributed by atoms with E-state index in [0.717, 1.165) is 23.5 Å². The molecule has 0 aliphatic heterocycles. The van der Waals surface area contributed by atoms with Gasteiger partial charge in [-0.3, -0.25) is 4.79 Å². The standard InChI is InChI=1S/C10H11NO2S/c12-9(13)10(3-4-10)7-5-14-8(11-7)6-1-2-6/h5-6H,1-4H2,(H,12,13). The zero-order valence-corrected chi connectivity index (χ0v) is 8.51. The molecular formula is C10H11NO2S. The highest BCUT2D eigenvalue weighted by Gasteiger charge is 2.53. The first-order valence-electron chi connectivity index (χ1n) is 4.92. The molecule has 3 rings (SSSR count). The minimum absolute atomic E-state index is 0.608. The van der Waals surface area contributed by atoms with Crippen LogP contribution < -0.4 is 0 Å². The van der Waals surface area contributed by atoms with Crippen LogP contribution in [0.2, 0.25) is 0 Å². The molecule has 0 aromatic carbocycles. The van der Waals surface area contributed by atoms with Crippen molar-refractivity contribution in [2.75, 3.05) is 0 Å². The van der Waals surface area contributed by atoms with Crippen molar-refractivity contribution in [3.8, 4) is 0 Å². The monoisotopic (exact) mass is 209 g/mol. The predicted molar refractivity (Wildman–Crippen MR) is 52.6 cm³/mol. The molecule has 2 fully saturated rings. The first-order chi connectivity index (χ1) is 6.72. The third kappa shape index (κ3) is 1.10. The lowest BCUT2D eigenvalue weighted by atomic mass is 10.1. The van der Waals surface area contributed by atoms with Gasteiger partial charge in [0.2, 0.25) is 0 Å². The lowest BCUT2D eigenvalue weighted by Gasteiger charge is -2.04. The van der Waals surface area contributed by atoms with Crippen LogP contribution in [0.1, 0.15) is 42.3 Å². The van der Waals surface area contributed by atoms with Gasteiger partial charge in [-0.2, -0.15) is 0 Å². The van der Waals surface area contributed by atoms with Crippen LogP contribution in [0.15, 0.2) is 5.38 Å². The highest BCUT2D eigenvalue weighted by Crippen LogP contribution is 2.50. The van der Waals surface area contributed by atoms with E-state index in [1.165, 1.54) is 12.8 Å². The maximum atomic E-state index is 11.0. The Morgan fingerprint density at radius 2 is 2.29 bits per heavy atom. The molecule has 14 heavy (non-hydrogen) atoms. The van der Waals surface area contributed by atoms with Crippen LogP contribution in [0.5, 0.6) is 0 Å². The topological polar surface area (TPSA) is 50.2 Å². The molecule has 1 heterocycles. The van der Waals surface area contributed by atoms with Gasteiger partial charge in [0.25, 0.3) is 0 Å². The molecule has 74 valence electrons. The highest BCUT2D eigenvalue weighted by atomic mass is 32.1. The fraction of sp³-hybridized carbons (Fsp3) is 0.600. The van der Waals surface area contributed by atoms with Gasteiger partial charge in [0.05, 0.1) is 10.7 Å². The van der Waals surface area contributed by atoms with E-state index in [2.05, 4.69) is 4.98 Å². The summed E-state index contributed by atoms with van der Waals surface area (Å²) in [7, 11) is 0. The number of aliphatic carboxylic acids is 1. The normalized spacial score (nSPS) is 23.4. The number of hydrogen-bond donors (Lipinski definition) is 1. The molecule has 2 aliphatic carbocycles. The summed E-state index contributed by atoms with van der Waals surface area (Å²) >= 11 is 1.63. The molecule has 0 bridgehead atoms. The van der Waals surface area contributed by atoms with Crippen molar-refractivity contribution >= 4 is 17.3 Å². The average molecular weight is 209 g/mol. The molecule has 0 radical (unpaired) electrons. The number of hydrogen-bond acceptors (Lipinski definition) is 3. The molecule has 0 spiro atoms. The van der Waals surface area contributed by atoms with E-state index < -0.39 is 11.4 Å². The Hall–Kier alpha value is -0.900. The fourth-order valence-corrected chi connectivity index (χ4v) is 2.82. The molecule has 2 saturated carbocycles. The highest BCUT2D eigenvalue weighted by molar-refractivity contribution is 7.09. The van der Waals surface area contributed by atoms with E-state index >= 15 is 0 Å². The molecule has 1 aromatic rings. The lowest BCUT2D eigenvalue weighted by molar-refractivity contribution is -0.140. The number of carboxylic acid groups (broad SMARTS) is 1. The van der Waals surface area contributed by atoms with Gasteiger partial charge < -0.3 is 5.11 Å². The zero-order valence-electron chi connectivity index (χ0n) is 7.69. The molecule has 2 aliphatic rings. The summed E-state index contributed by atoms with van der Waals surface area (Å²) in [6, 6.07) is 0. The summed E-state index contributed by atoms with van der Waals surface area (Å²) in [5.74, 6) is -0.0662. The van der Waals surface area contributed by atoms with E-state index in [-0.39, 0.29) is 0 Å². The molecular weight excluding hydrogens is 198 g/mol. The Bertz CT molecular complexity index is 391. The van der Waals surface area contributed by atoms with Crippen LogP contribution >= 0.6 is 11.3 Å².